The minimum atomic E-state index is -4.86. The molecule has 0 saturated heterocycles. The van der Waals surface area contributed by atoms with E-state index in [1.54, 1.807) is 18.2 Å². The fourth-order valence-corrected chi connectivity index (χ4v) is 3.28. The normalized spacial score (nSPS) is 18.9. The van der Waals surface area contributed by atoms with Crippen molar-refractivity contribution in [3.8, 4) is 22.5 Å². The number of aliphatic hydroxyl groups is 1. The maximum Gasteiger partial charge on any atom is 0.425 e. The molecule has 0 amide bonds. The van der Waals surface area contributed by atoms with Crippen LogP contribution >= 0.6 is 0 Å². The number of hydrogen-bond acceptors (Lipinski definition) is 4. The molecular weight excluding hydrogens is 333 g/mol. The fourth-order valence-electron chi connectivity index (χ4n) is 3.28. The fraction of sp³-hybridized carbons (Fsp3) is 0.235. The average Bonchev–Trinajstić information content (AvgIpc) is 3.17. The molecule has 5 nitrogen and oxygen atoms in total. The molecule has 2 aromatic carbocycles. The maximum absolute atomic E-state index is 13.8. The van der Waals surface area contributed by atoms with Crippen molar-refractivity contribution < 1.29 is 18.3 Å². The topological polar surface area (TPSA) is 63.8 Å². The van der Waals surface area contributed by atoms with Crippen LogP contribution in [0.1, 0.15) is 18.1 Å². The van der Waals surface area contributed by atoms with Crippen molar-refractivity contribution in [2.45, 2.75) is 25.2 Å². The molecule has 1 aromatic heterocycles. The summed E-state index contributed by atoms with van der Waals surface area (Å²) in [5.74, 6) is 0.222. The molecule has 25 heavy (non-hydrogen) atoms. The van der Waals surface area contributed by atoms with Gasteiger partial charge in [-0.15, -0.1) is 10.2 Å². The molecule has 1 atom stereocenters. The predicted octanol–water partition coefficient (Wildman–Crippen LogP) is 3.14. The lowest BCUT2D eigenvalue weighted by Crippen LogP contribution is -2.41. The van der Waals surface area contributed by atoms with Crippen molar-refractivity contribution in [1.29, 1.82) is 0 Å². The van der Waals surface area contributed by atoms with Gasteiger partial charge in [0.25, 0.3) is 0 Å². The first-order valence-electron chi connectivity index (χ1n) is 7.68. The van der Waals surface area contributed by atoms with E-state index in [2.05, 4.69) is 15.4 Å². The van der Waals surface area contributed by atoms with E-state index in [-0.39, 0.29) is 22.5 Å². The standard InChI is InChI=1S/C17H13F3N4O/c1-2-24-22-15(21-23-24)11-7-5-9-13-14(11)10-6-3-4-8-12(10)16(13,25)17(18,19)20/h3-9,25H,2H2,1H3. The molecule has 1 N–H and O–H groups in total. The summed E-state index contributed by atoms with van der Waals surface area (Å²) < 4.78 is 41.4. The van der Waals surface area contributed by atoms with E-state index in [9.17, 15) is 18.3 Å². The molecule has 1 aliphatic carbocycles. The van der Waals surface area contributed by atoms with Crippen LogP contribution in [-0.4, -0.2) is 31.5 Å². The summed E-state index contributed by atoms with van der Waals surface area (Å²) in [5, 5.41) is 22.7. The van der Waals surface area contributed by atoms with Gasteiger partial charge in [-0.05, 0) is 23.3 Å². The molecule has 1 heterocycles. The molecule has 0 radical (unpaired) electrons. The Balaban J connectivity index is 2.05. The van der Waals surface area contributed by atoms with Gasteiger partial charge in [0.2, 0.25) is 11.4 Å². The summed E-state index contributed by atoms with van der Waals surface area (Å²) in [6.07, 6.45) is -4.86. The molecular formula is C17H13F3N4O. The summed E-state index contributed by atoms with van der Waals surface area (Å²) in [4.78, 5) is 1.35. The highest BCUT2D eigenvalue weighted by atomic mass is 19.4. The molecule has 0 fully saturated rings. The van der Waals surface area contributed by atoms with Gasteiger partial charge in [0, 0.05) is 16.7 Å². The number of nitrogens with zero attached hydrogens (tertiary/aromatic N) is 4. The van der Waals surface area contributed by atoms with Gasteiger partial charge in [-0.25, -0.2) is 0 Å². The second-order valence-electron chi connectivity index (χ2n) is 5.78. The highest BCUT2D eigenvalue weighted by Crippen LogP contribution is 2.56. The van der Waals surface area contributed by atoms with E-state index < -0.39 is 11.8 Å². The van der Waals surface area contributed by atoms with Crippen LogP contribution in [0.2, 0.25) is 0 Å². The molecule has 4 rings (SSSR count). The number of halogens is 3. The number of hydrogen-bond donors (Lipinski definition) is 1. The average molecular weight is 346 g/mol. The minimum Gasteiger partial charge on any atom is -0.372 e. The molecule has 0 spiro atoms. The van der Waals surface area contributed by atoms with E-state index in [0.717, 1.165) is 0 Å². The first-order chi connectivity index (χ1) is 11.9. The molecule has 1 unspecified atom stereocenters. The number of fused-ring (bicyclic) bond motifs is 3. The summed E-state index contributed by atoms with van der Waals surface area (Å²) in [5.41, 5.74) is -2.45. The monoisotopic (exact) mass is 346 g/mol. The van der Waals surface area contributed by atoms with Gasteiger partial charge in [-0.3, -0.25) is 0 Å². The Kier molecular flexibility index (Phi) is 3.23. The second kappa shape index (κ2) is 5.13. The summed E-state index contributed by atoms with van der Waals surface area (Å²) in [7, 11) is 0. The van der Waals surface area contributed by atoms with Gasteiger partial charge in [0.15, 0.2) is 0 Å². The van der Waals surface area contributed by atoms with Gasteiger partial charge in [-0.2, -0.15) is 18.0 Å². The van der Waals surface area contributed by atoms with Crippen molar-refractivity contribution in [2.24, 2.45) is 0 Å². The lowest BCUT2D eigenvalue weighted by Gasteiger charge is -2.28. The number of benzene rings is 2. The van der Waals surface area contributed by atoms with Crippen molar-refractivity contribution >= 4 is 0 Å². The van der Waals surface area contributed by atoms with Gasteiger partial charge < -0.3 is 5.11 Å². The number of alkyl halides is 3. The molecule has 8 heteroatoms. The zero-order valence-electron chi connectivity index (χ0n) is 13.1. The number of aryl methyl sites for hydroxylation is 1. The Morgan fingerprint density at radius 1 is 1.04 bits per heavy atom. The van der Waals surface area contributed by atoms with Crippen LogP contribution in [0.15, 0.2) is 42.5 Å². The Morgan fingerprint density at radius 3 is 2.40 bits per heavy atom. The Hall–Kier alpha value is -2.74. The Morgan fingerprint density at radius 2 is 1.72 bits per heavy atom. The van der Waals surface area contributed by atoms with Crippen LogP contribution in [0.4, 0.5) is 13.2 Å². The van der Waals surface area contributed by atoms with Gasteiger partial charge in [-0.1, -0.05) is 42.5 Å². The van der Waals surface area contributed by atoms with E-state index in [1.165, 1.54) is 29.1 Å². The lowest BCUT2D eigenvalue weighted by atomic mass is 9.90. The van der Waals surface area contributed by atoms with Crippen molar-refractivity contribution in [2.75, 3.05) is 0 Å². The van der Waals surface area contributed by atoms with Crippen LogP contribution in [-0.2, 0) is 12.1 Å². The number of tetrazole rings is 1. The van der Waals surface area contributed by atoms with E-state index in [1.807, 2.05) is 6.92 Å². The predicted molar refractivity (Wildman–Crippen MR) is 83.4 cm³/mol. The third-order valence-electron chi connectivity index (χ3n) is 4.43. The zero-order valence-corrected chi connectivity index (χ0v) is 13.1. The van der Waals surface area contributed by atoms with Crippen LogP contribution < -0.4 is 0 Å². The third-order valence-corrected chi connectivity index (χ3v) is 4.43. The minimum absolute atomic E-state index is 0.187. The van der Waals surface area contributed by atoms with Crippen molar-refractivity contribution in [3.63, 3.8) is 0 Å². The molecule has 128 valence electrons. The van der Waals surface area contributed by atoms with E-state index in [0.29, 0.717) is 17.7 Å². The van der Waals surface area contributed by atoms with Gasteiger partial charge >= 0.3 is 6.18 Å². The van der Waals surface area contributed by atoms with Crippen LogP contribution in [0.5, 0.6) is 0 Å². The smallest absolute Gasteiger partial charge is 0.372 e. The van der Waals surface area contributed by atoms with E-state index in [4.69, 9.17) is 0 Å². The largest absolute Gasteiger partial charge is 0.425 e. The Bertz CT molecular complexity index is 967. The summed E-state index contributed by atoms with van der Waals surface area (Å²) in [6, 6.07) is 10.4. The zero-order chi connectivity index (χ0) is 17.8. The molecule has 3 aromatic rings. The first kappa shape index (κ1) is 15.8. The lowest BCUT2D eigenvalue weighted by molar-refractivity contribution is -0.246. The number of aromatic nitrogens is 4. The van der Waals surface area contributed by atoms with Crippen molar-refractivity contribution in [3.05, 3.63) is 53.6 Å². The second-order valence-corrected chi connectivity index (χ2v) is 5.78. The number of rotatable bonds is 2. The highest BCUT2D eigenvalue weighted by Gasteiger charge is 2.61. The van der Waals surface area contributed by atoms with Crippen LogP contribution in [0.3, 0.4) is 0 Å². The molecule has 0 bridgehead atoms. The SMILES string of the molecule is CCn1nnc(-c2cccc3c2-c2ccccc2C3(O)C(F)(F)F)n1. The molecule has 0 saturated carbocycles. The maximum atomic E-state index is 13.8. The molecule has 1 aliphatic rings. The van der Waals surface area contributed by atoms with Crippen LogP contribution in [0.25, 0.3) is 22.5 Å². The highest BCUT2D eigenvalue weighted by molar-refractivity contribution is 5.90. The van der Waals surface area contributed by atoms with E-state index >= 15 is 0 Å². The van der Waals surface area contributed by atoms with Crippen LogP contribution in [0, 0.1) is 0 Å². The van der Waals surface area contributed by atoms with Gasteiger partial charge in [0.05, 0.1) is 6.54 Å². The first-order valence-corrected chi connectivity index (χ1v) is 7.68. The third kappa shape index (κ3) is 2.03. The quantitative estimate of drug-likeness (QED) is 0.774. The Labute approximate surface area is 140 Å². The van der Waals surface area contributed by atoms with Gasteiger partial charge in [0.1, 0.15) is 0 Å². The molecule has 0 aliphatic heterocycles. The summed E-state index contributed by atoms with van der Waals surface area (Å²) >= 11 is 0. The van der Waals surface area contributed by atoms with Crippen molar-refractivity contribution in [1.82, 2.24) is 20.2 Å². The summed E-state index contributed by atoms with van der Waals surface area (Å²) in [6.45, 7) is 2.32.